The molecule has 5 heteroatoms. The van der Waals surface area contributed by atoms with E-state index in [0.29, 0.717) is 89.3 Å². The molecule has 2 aliphatic rings. The predicted octanol–water partition coefficient (Wildman–Crippen LogP) is 36.1. The molecule has 0 saturated heterocycles. The van der Waals surface area contributed by atoms with Crippen molar-refractivity contribution in [2.24, 2.45) is 32.5 Å². The number of hydrogen-bond acceptors (Lipinski definition) is 2. The number of rotatable bonds is 18. The molecular formula is C136H135BN4. The summed E-state index contributed by atoms with van der Waals surface area (Å²) < 4.78 is 130. The highest BCUT2D eigenvalue weighted by Gasteiger charge is 2.47. The Labute approximate surface area is 855 Å². The Morgan fingerprint density at radius 2 is 0.482 bits per heavy atom. The summed E-state index contributed by atoms with van der Waals surface area (Å²) in [6, 6.07) is 127. The Hall–Kier alpha value is -14.0. The van der Waals surface area contributed by atoms with Crippen molar-refractivity contribution < 1.29 is 16.4 Å². The van der Waals surface area contributed by atoms with E-state index in [2.05, 4.69) is 294 Å². The first-order valence-electron chi connectivity index (χ1n) is 56.1. The fourth-order valence-electron chi connectivity index (χ4n) is 21.3. The van der Waals surface area contributed by atoms with Crippen LogP contribution in [0.1, 0.15) is 201 Å². The van der Waals surface area contributed by atoms with Gasteiger partial charge in [0.1, 0.15) is 0 Å². The third kappa shape index (κ3) is 18.9. The highest BCUT2D eigenvalue weighted by Crippen LogP contribution is 2.55. The minimum absolute atomic E-state index is 0.352. The molecule has 0 N–H and O–H groups in total. The summed E-state index contributed by atoms with van der Waals surface area (Å²) in [4.78, 5) is 4.83. The van der Waals surface area contributed by atoms with Crippen LogP contribution < -0.4 is 26.2 Å². The summed E-state index contributed by atoms with van der Waals surface area (Å²) in [6.45, 7) is 40.6. The van der Waals surface area contributed by atoms with Gasteiger partial charge in [-0.1, -0.05) is 400 Å². The number of anilines is 6. The average Bonchev–Trinajstić information content (AvgIpc) is 1.36. The van der Waals surface area contributed by atoms with E-state index in [-0.39, 0.29) is 0 Å². The number of fused-ring (bicyclic) bond motifs is 10. The Morgan fingerprint density at radius 1 is 0.213 bits per heavy atom. The van der Waals surface area contributed by atoms with E-state index in [0.717, 1.165) is 144 Å². The lowest BCUT2D eigenvalue weighted by atomic mass is 9.33. The van der Waals surface area contributed by atoms with Gasteiger partial charge >= 0.3 is 0 Å². The first-order valence-corrected chi connectivity index (χ1v) is 50.1. The maximum Gasteiger partial charge on any atom is 0.252 e. The van der Waals surface area contributed by atoms with Crippen molar-refractivity contribution in [1.29, 1.82) is 0 Å². The summed E-state index contributed by atoms with van der Waals surface area (Å²) >= 11 is 0. The van der Waals surface area contributed by atoms with E-state index in [1.807, 2.05) is 234 Å². The second kappa shape index (κ2) is 35.7. The standard InChI is InChI=1S/C136H135BN4/c1-130(2,3)82-88-38-34-50-100(66-88)109-80-123(111(74-104(109)86-134(13,14)15)102-52-36-40-90(68-102)84-132(7,8)9)140-125-78-107(138-119-62-54-96(92-42-26-22-27-43-92)70-113(119)114-71-97(55-63-120(114)138)93-44-28-23-29-45-93)58-60-117(125)137-118-61-59-108(139-121-64-56-98(94-46-30-24-31-47-94)72-115(121)116-73-99(57-65-122(116)139)95-48-32-25-33-49-95)79-126(118)141(128-77-106(136(19,20)21)76-127(140)129(128)137)124-81-110(101-51-35-39-89(67-101)83-131(4,5)6)105(87-135(16,17)18)75-112(124)103-53-37-41-91(69-103)85-133(10,11)12/h22-81H,82-87H2,1-21H3/i82D2,83D2,84D2,85D2,86D2,87D2. The SMILES string of the molecule is [2H]C([2H])(c1cccc(-c2cc(C([2H])([2H])C(C)(C)C)c(-c3cccc(C([2H])([2H])C(C)(C)C)c3)cc2N2c3cc(-n4c5ccc(-c6ccccc6)cc5c5cc(-c6ccccc6)ccc54)ccc3B3c4ccc(-n5c6ccc(-c7ccccc7)cc6c6cc(-c7ccccc7)ccc65)cc4N(c4cc(-c5cccc(C([2H])([2H])C(C)(C)C)c5)c(C([2H])([2H])C(C)(C)C)cc4-c4cccc(C([2H])([2H])C(C)(C)C)c4)c4cc(C(C)(C)C)cc2c43)c1)C(C)(C)C. The Kier molecular flexibility index (Phi) is 20.2. The second-order valence-electron chi connectivity index (χ2n) is 46.2. The Bertz CT molecular complexity index is 8020. The van der Waals surface area contributed by atoms with Crippen LogP contribution in [0.3, 0.4) is 0 Å². The number of benzene rings is 17. The molecule has 17 aromatic carbocycles. The van der Waals surface area contributed by atoms with Gasteiger partial charge in [0.05, 0.1) is 33.4 Å². The summed E-state index contributed by atoms with van der Waals surface area (Å²) in [6.07, 6.45) is -11.9. The van der Waals surface area contributed by atoms with E-state index < -0.39 is 82.9 Å². The van der Waals surface area contributed by atoms with Gasteiger partial charge in [-0.3, -0.25) is 0 Å². The molecule has 4 heterocycles. The molecule has 4 nitrogen and oxygen atoms in total. The van der Waals surface area contributed by atoms with Gasteiger partial charge in [0.15, 0.2) is 0 Å². The molecule has 0 bridgehead atoms. The quantitative estimate of drug-likeness (QED) is 0.0796. The van der Waals surface area contributed by atoms with Crippen molar-refractivity contribution in [2.75, 3.05) is 9.80 Å². The first kappa shape index (κ1) is 79.8. The molecule has 0 spiro atoms. The largest absolute Gasteiger partial charge is 0.311 e. The first-order chi connectivity index (χ1) is 71.8. The number of aromatic nitrogens is 2. The molecule has 0 atom stereocenters. The molecule has 0 unspecified atom stereocenters. The van der Waals surface area contributed by atoms with Crippen LogP contribution in [0.2, 0.25) is 0 Å². The lowest BCUT2D eigenvalue weighted by Crippen LogP contribution is -2.61. The molecule has 21 rings (SSSR count). The fourth-order valence-corrected chi connectivity index (χ4v) is 21.3. The van der Waals surface area contributed by atoms with Crippen LogP contribution in [0.5, 0.6) is 0 Å². The molecule has 2 aliphatic heterocycles. The number of nitrogens with zero attached hydrogens (tertiary/aromatic N) is 4. The van der Waals surface area contributed by atoms with Gasteiger partial charge < -0.3 is 18.9 Å². The average molecular weight is 1850 g/mol. The normalized spacial score (nSPS) is 15.0. The molecule has 0 fully saturated rings. The molecule has 0 aliphatic carbocycles. The van der Waals surface area contributed by atoms with Crippen LogP contribution >= 0.6 is 0 Å². The second-order valence-corrected chi connectivity index (χ2v) is 46.2. The van der Waals surface area contributed by atoms with Gasteiger partial charge in [-0.2, -0.15) is 0 Å². The van der Waals surface area contributed by atoms with Crippen LogP contribution in [0, 0.1) is 32.5 Å². The highest BCUT2D eigenvalue weighted by molar-refractivity contribution is 7.00. The molecule has 0 amide bonds. The highest BCUT2D eigenvalue weighted by atomic mass is 15.2. The topological polar surface area (TPSA) is 16.3 Å². The number of hydrogen-bond donors (Lipinski definition) is 0. The fraction of sp³-hybridized carbons (Fsp3) is 0.250. The molecular weight excluding hydrogens is 1700 g/mol. The molecule has 0 radical (unpaired) electrons. The Balaban J connectivity index is 0.969. The van der Waals surface area contributed by atoms with E-state index in [4.69, 9.17) is 0 Å². The van der Waals surface area contributed by atoms with Crippen LogP contribution in [0.15, 0.2) is 364 Å². The van der Waals surface area contributed by atoms with E-state index in [1.165, 1.54) is 0 Å². The van der Waals surface area contributed by atoms with Gasteiger partial charge in [-0.15, -0.1) is 0 Å². The summed E-state index contributed by atoms with van der Waals surface area (Å²) in [7, 11) is 0. The summed E-state index contributed by atoms with van der Waals surface area (Å²) in [5.74, 6) is 0. The smallest absolute Gasteiger partial charge is 0.252 e. The predicted molar refractivity (Wildman–Crippen MR) is 610 cm³/mol. The van der Waals surface area contributed by atoms with Crippen molar-refractivity contribution in [2.45, 2.75) is 189 Å². The van der Waals surface area contributed by atoms with Gasteiger partial charge in [-0.05, 0) is 319 Å². The summed E-state index contributed by atoms with van der Waals surface area (Å²) in [5, 5.41) is 4.18. The zero-order chi connectivity index (χ0) is 109. The molecule has 702 valence electrons. The maximum absolute atomic E-state index is 11.0. The van der Waals surface area contributed by atoms with E-state index >= 15 is 0 Å². The van der Waals surface area contributed by atoms with Crippen molar-refractivity contribution in [3.05, 3.63) is 403 Å². The third-order valence-electron chi connectivity index (χ3n) is 26.9. The minimum atomic E-state index is -2.14. The minimum Gasteiger partial charge on any atom is -0.311 e. The van der Waals surface area contributed by atoms with Crippen LogP contribution in [0.25, 0.3) is 144 Å². The lowest BCUT2D eigenvalue weighted by molar-refractivity contribution is 0.410. The van der Waals surface area contributed by atoms with Crippen molar-refractivity contribution in [3.8, 4) is 100 Å². The van der Waals surface area contributed by atoms with Gasteiger partial charge in [0.25, 0.3) is 6.71 Å². The molecule has 2 aromatic heterocycles. The van der Waals surface area contributed by atoms with Gasteiger partial charge in [0.2, 0.25) is 0 Å². The van der Waals surface area contributed by atoms with Gasteiger partial charge in [0, 0.05) is 83.2 Å². The van der Waals surface area contributed by atoms with Crippen LogP contribution in [0.4, 0.5) is 34.1 Å². The zero-order valence-corrected chi connectivity index (χ0v) is 85.5. The van der Waals surface area contributed by atoms with Crippen molar-refractivity contribution in [1.82, 2.24) is 9.13 Å². The monoisotopic (exact) mass is 1850 g/mol. The molecule has 0 saturated carbocycles. The van der Waals surface area contributed by atoms with Gasteiger partial charge in [-0.25, -0.2) is 0 Å². The van der Waals surface area contributed by atoms with Crippen LogP contribution in [-0.4, -0.2) is 15.8 Å². The maximum atomic E-state index is 11.0. The summed E-state index contributed by atoms with van der Waals surface area (Å²) in [5.41, 5.74) is 22.6. The lowest BCUT2D eigenvalue weighted by Gasteiger charge is -2.46. The Morgan fingerprint density at radius 3 is 0.752 bits per heavy atom. The van der Waals surface area contributed by atoms with E-state index in [9.17, 15) is 16.4 Å². The van der Waals surface area contributed by atoms with E-state index in [1.54, 1.807) is 0 Å². The third-order valence-corrected chi connectivity index (χ3v) is 26.9. The molecule has 141 heavy (non-hydrogen) atoms. The van der Waals surface area contributed by atoms with Crippen molar-refractivity contribution >= 4 is 101 Å². The molecule has 19 aromatic rings. The van der Waals surface area contributed by atoms with Crippen molar-refractivity contribution in [3.63, 3.8) is 0 Å². The zero-order valence-electron chi connectivity index (χ0n) is 97.5. The van der Waals surface area contributed by atoms with Crippen LogP contribution in [-0.2, 0) is 43.7 Å².